The van der Waals surface area contributed by atoms with Crippen LogP contribution in [0.15, 0.2) is 12.1 Å². The number of piperidine rings is 1. The third kappa shape index (κ3) is 5.10. The first-order valence-corrected chi connectivity index (χ1v) is 11.7. The van der Waals surface area contributed by atoms with Crippen molar-refractivity contribution in [3.8, 4) is 11.5 Å². The SMILES string of the molecule is CCCS(=O)(=O)N1CCCC(C(=O)NCc2cc(Cl)c3c(c2)OCCCO3)C1. The molecule has 2 heterocycles. The summed E-state index contributed by atoms with van der Waals surface area (Å²) in [5.74, 6) is 0.773. The van der Waals surface area contributed by atoms with Gasteiger partial charge in [0.05, 0.1) is 29.9 Å². The lowest BCUT2D eigenvalue weighted by atomic mass is 9.98. The highest BCUT2D eigenvalue weighted by Crippen LogP contribution is 2.38. The first-order chi connectivity index (χ1) is 13.4. The van der Waals surface area contributed by atoms with Crippen LogP contribution in [-0.4, -0.2) is 50.7 Å². The van der Waals surface area contributed by atoms with Crippen molar-refractivity contribution in [2.24, 2.45) is 5.92 Å². The molecule has 7 nitrogen and oxygen atoms in total. The van der Waals surface area contributed by atoms with Crippen LogP contribution in [0.5, 0.6) is 11.5 Å². The van der Waals surface area contributed by atoms with E-state index in [2.05, 4.69) is 5.32 Å². The second-order valence-electron chi connectivity index (χ2n) is 7.19. The van der Waals surface area contributed by atoms with Crippen LogP contribution in [0.2, 0.25) is 5.02 Å². The number of nitrogens with one attached hydrogen (secondary N) is 1. The van der Waals surface area contributed by atoms with Crippen molar-refractivity contribution in [1.82, 2.24) is 9.62 Å². The Labute approximate surface area is 171 Å². The minimum Gasteiger partial charge on any atom is -0.489 e. The Morgan fingerprint density at radius 3 is 2.86 bits per heavy atom. The maximum Gasteiger partial charge on any atom is 0.224 e. The van der Waals surface area contributed by atoms with E-state index in [9.17, 15) is 13.2 Å². The van der Waals surface area contributed by atoms with E-state index in [1.54, 1.807) is 6.07 Å². The number of hydrogen-bond donors (Lipinski definition) is 1. The van der Waals surface area contributed by atoms with Crippen molar-refractivity contribution in [2.45, 2.75) is 39.2 Å². The van der Waals surface area contributed by atoms with Gasteiger partial charge in [-0.15, -0.1) is 0 Å². The Bertz CT molecular complexity index is 815. The summed E-state index contributed by atoms with van der Waals surface area (Å²) in [5, 5.41) is 3.36. The molecule has 0 spiro atoms. The fourth-order valence-electron chi connectivity index (χ4n) is 3.52. The number of ether oxygens (including phenoxy) is 2. The summed E-state index contributed by atoms with van der Waals surface area (Å²) in [5.41, 5.74) is 0.814. The molecule has 1 saturated heterocycles. The van der Waals surface area contributed by atoms with E-state index >= 15 is 0 Å². The zero-order chi connectivity index (χ0) is 20.1. The number of sulfonamides is 1. The number of halogens is 1. The topological polar surface area (TPSA) is 84.9 Å². The molecule has 2 aliphatic rings. The number of amides is 1. The number of carbonyl (C=O) groups is 1. The normalized spacial score (nSPS) is 20.4. The molecule has 0 saturated carbocycles. The molecule has 1 aromatic rings. The highest BCUT2D eigenvalue weighted by Gasteiger charge is 2.31. The summed E-state index contributed by atoms with van der Waals surface area (Å²) in [6.45, 7) is 3.99. The molecule has 156 valence electrons. The van der Waals surface area contributed by atoms with Crippen molar-refractivity contribution < 1.29 is 22.7 Å². The number of fused-ring (bicyclic) bond motifs is 1. The summed E-state index contributed by atoms with van der Waals surface area (Å²) in [6, 6.07) is 3.58. The molecular formula is C19H27ClN2O5S. The van der Waals surface area contributed by atoms with Gasteiger partial charge in [0.2, 0.25) is 15.9 Å². The van der Waals surface area contributed by atoms with E-state index in [-0.39, 0.29) is 24.1 Å². The lowest BCUT2D eigenvalue weighted by molar-refractivity contribution is -0.126. The van der Waals surface area contributed by atoms with Gasteiger partial charge in [0.15, 0.2) is 11.5 Å². The average Bonchev–Trinajstić information content (AvgIpc) is 2.92. The van der Waals surface area contributed by atoms with Crippen molar-refractivity contribution >= 4 is 27.5 Å². The number of benzene rings is 1. The van der Waals surface area contributed by atoms with Gasteiger partial charge in [-0.05, 0) is 37.0 Å². The van der Waals surface area contributed by atoms with Crippen LogP contribution >= 0.6 is 11.6 Å². The fourth-order valence-corrected chi connectivity index (χ4v) is 5.39. The molecule has 0 bridgehead atoms. The van der Waals surface area contributed by atoms with Crippen LogP contribution in [0.1, 0.15) is 38.2 Å². The minimum absolute atomic E-state index is 0.122. The number of hydrogen-bond acceptors (Lipinski definition) is 5. The molecular weight excluding hydrogens is 404 g/mol. The molecule has 2 aliphatic heterocycles. The van der Waals surface area contributed by atoms with E-state index in [0.29, 0.717) is 62.1 Å². The maximum atomic E-state index is 12.6. The second-order valence-corrected chi connectivity index (χ2v) is 9.68. The van der Waals surface area contributed by atoms with Gasteiger partial charge < -0.3 is 14.8 Å². The first kappa shape index (κ1) is 21.2. The quantitative estimate of drug-likeness (QED) is 0.749. The molecule has 3 rings (SSSR count). The largest absolute Gasteiger partial charge is 0.489 e. The third-order valence-electron chi connectivity index (χ3n) is 4.94. The Kier molecular flexibility index (Phi) is 7.06. The zero-order valence-electron chi connectivity index (χ0n) is 16.1. The number of rotatable bonds is 6. The van der Waals surface area contributed by atoms with Crippen LogP contribution in [0.3, 0.4) is 0 Å². The highest BCUT2D eigenvalue weighted by atomic mass is 35.5. The molecule has 1 amide bonds. The van der Waals surface area contributed by atoms with Crippen LogP contribution in [0, 0.1) is 5.92 Å². The molecule has 1 aromatic carbocycles. The Morgan fingerprint density at radius 2 is 2.07 bits per heavy atom. The molecule has 0 radical (unpaired) electrons. The molecule has 1 atom stereocenters. The predicted octanol–water partition coefficient (Wildman–Crippen LogP) is 2.57. The summed E-state index contributed by atoms with van der Waals surface area (Å²) in [6.07, 6.45) is 2.74. The van der Waals surface area contributed by atoms with Crippen molar-refractivity contribution in [2.75, 3.05) is 32.1 Å². The van der Waals surface area contributed by atoms with Gasteiger partial charge in [-0.3, -0.25) is 4.79 Å². The molecule has 0 aromatic heterocycles. The van der Waals surface area contributed by atoms with Crippen LogP contribution < -0.4 is 14.8 Å². The molecule has 0 aliphatic carbocycles. The Morgan fingerprint density at radius 1 is 1.29 bits per heavy atom. The van der Waals surface area contributed by atoms with Gasteiger partial charge in [-0.1, -0.05) is 18.5 Å². The summed E-state index contributed by atoms with van der Waals surface area (Å²) in [4.78, 5) is 12.6. The summed E-state index contributed by atoms with van der Waals surface area (Å²) >= 11 is 6.29. The average molecular weight is 431 g/mol. The molecule has 28 heavy (non-hydrogen) atoms. The summed E-state index contributed by atoms with van der Waals surface area (Å²) < 4.78 is 37.3. The fraction of sp³-hybridized carbons (Fsp3) is 0.632. The van der Waals surface area contributed by atoms with Gasteiger partial charge in [0, 0.05) is 26.1 Å². The monoisotopic (exact) mass is 430 g/mol. The van der Waals surface area contributed by atoms with Gasteiger partial charge in [-0.2, -0.15) is 0 Å². The molecule has 1 N–H and O–H groups in total. The lowest BCUT2D eigenvalue weighted by Gasteiger charge is -2.31. The summed E-state index contributed by atoms with van der Waals surface area (Å²) in [7, 11) is -3.28. The van der Waals surface area contributed by atoms with E-state index in [4.69, 9.17) is 21.1 Å². The molecule has 9 heteroatoms. The van der Waals surface area contributed by atoms with Crippen molar-refractivity contribution in [1.29, 1.82) is 0 Å². The van der Waals surface area contributed by atoms with Crippen LogP contribution in [-0.2, 0) is 21.4 Å². The van der Waals surface area contributed by atoms with Gasteiger partial charge in [0.1, 0.15) is 0 Å². The standard InChI is InChI=1S/C19H27ClN2O5S/c1-2-9-28(24,25)22-6-3-5-15(13-22)19(23)21-12-14-10-16(20)18-17(11-14)26-7-4-8-27-18/h10-11,15H,2-9,12-13H2,1H3,(H,21,23). The second kappa shape index (κ2) is 9.33. The van der Waals surface area contributed by atoms with E-state index in [1.807, 2.05) is 13.0 Å². The van der Waals surface area contributed by atoms with E-state index < -0.39 is 10.0 Å². The van der Waals surface area contributed by atoms with Crippen LogP contribution in [0.4, 0.5) is 0 Å². The van der Waals surface area contributed by atoms with E-state index in [0.717, 1.165) is 12.0 Å². The zero-order valence-corrected chi connectivity index (χ0v) is 17.7. The third-order valence-corrected chi connectivity index (χ3v) is 7.26. The van der Waals surface area contributed by atoms with E-state index in [1.165, 1.54) is 4.31 Å². The predicted molar refractivity (Wildman–Crippen MR) is 107 cm³/mol. The number of nitrogens with zero attached hydrogens (tertiary/aromatic N) is 1. The van der Waals surface area contributed by atoms with Crippen molar-refractivity contribution in [3.63, 3.8) is 0 Å². The van der Waals surface area contributed by atoms with Gasteiger partial charge >= 0.3 is 0 Å². The minimum atomic E-state index is -3.28. The Hall–Kier alpha value is -1.51. The van der Waals surface area contributed by atoms with Gasteiger partial charge in [-0.25, -0.2) is 12.7 Å². The Balaban J connectivity index is 1.61. The molecule has 1 unspecified atom stereocenters. The number of carbonyl (C=O) groups excluding carboxylic acids is 1. The maximum absolute atomic E-state index is 12.6. The lowest BCUT2D eigenvalue weighted by Crippen LogP contribution is -2.45. The smallest absolute Gasteiger partial charge is 0.224 e. The van der Waals surface area contributed by atoms with Gasteiger partial charge in [0.25, 0.3) is 0 Å². The van der Waals surface area contributed by atoms with Crippen LogP contribution in [0.25, 0.3) is 0 Å². The highest BCUT2D eigenvalue weighted by molar-refractivity contribution is 7.89. The van der Waals surface area contributed by atoms with Crippen molar-refractivity contribution in [3.05, 3.63) is 22.7 Å². The first-order valence-electron chi connectivity index (χ1n) is 9.74. The molecule has 1 fully saturated rings.